The van der Waals surface area contributed by atoms with Gasteiger partial charge < -0.3 is 10.7 Å². The largest absolute Gasteiger partial charge is 0.383 e. The van der Waals surface area contributed by atoms with Crippen molar-refractivity contribution in [1.82, 2.24) is 9.97 Å². The van der Waals surface area contributed by atoms with Crippen LogP contribution in [0.15, 0.2) is 46.3 Å². The van der Waals surface area contributed by atoms with Crippen LogP contribution < -0.4 is 11.3 Å². The van der Waals surface area contributed by atoms with Crippen LogP contribution in [0.3, 0.4) is 0 Å². The second kappa shape index (κ2) is 6.07. The third-order valence-electron chi connectivity index (χ3n) is 2.48. The molecule has 96 valence electrons. The van der Waals surface area contributed by atoms with E-state index in [0.29, 0.717) is 10.9 Å². The lowest BCUT2D eigenvalue weighted by molar-refractivity contribution is 0.932. The summed E-state index contributed by atoms with van der Waals surface area (Å²) in [6.07, 6.45) is 0. The van der Waals surface area contributed by atoms with Crippen molar-refractivity contribution < 1.29 is 0 Å². The Morgan fingerprint density at radius 3 is 2.79 bits per heavy atom. The number of benzene rings is 1. The van der Waals surface area contributed by atoms with Crippen molar-refractivity contribution in [3.05, 3.63) is 52.3 Å². The van der Waals surface area contributed by atoms with Gasteiger partial charge in [-0.05, 0) is 5.56 Å². The van der Waals surface area contributed by atoms with Crippen LogP contribution in [0.4, 0.5) is 5.82 Å². The van der Waals surface area contributed by atoms with Gasteiger partial charge in [0.25, 0.3) is 5.56 Å². The Kier molecular flexibility index (Phi) is 4.21. The van der Waals surface area contributed by atoms with Crippen LogP contribution in [0.2, 0.25) is 0 Å². The second-order valence-electron chi connectivity index (χ2n) is 3.88. The molecule has 0 amide bonds. The average Bonchev–Trinajstić information content (AvgIpc) is 2.39. The molecule has 0 fully saturated rings. The molecule has 0 radical (unpaired) electrons. The Bertz CT molecular complexity index is 648. The van der Waals surface area contributed by atoms with Crippen LogP contribution in [0.5, 0.6) is 0 Å². The number of hydrogen-bond donors (Lipinski definition) is 2. The van der Waals surface area contributed by atoms with Gasteiger partial charge in [-0.15, -0.1) is 0 Å². The third-order valence-corrected chi connectivity index (χ3v) is 3.45. The molecule has 1 aromatic heterocycles. The molecule has 0 aliphatic rings. The monoisotopic (exact) mass is 272 g/mol. The van der Waals surface area contributed by atoms with Crippen molar-refractivity contribution in [1.29, 1.82) is 5.26 Å². The molecule has 0 aliphatic heterocycles. The minimum Gasteiger partial charge on any atom is -0.383 e. The Hall–Kier alpha value is -2.26. The summed E-state index contributed by atoms with van der Waals surface area (Å²) in [5, 5.41) is 9.62. The van der Waals surface area contributed by atoms with Crippen LogP contribution in [-0.4, -0.2) is 15.7 Å². The number of nitriles is 1. The Morgan fingerprint density at radius 1 is 1.42 bits per heavy atom. The molecule has 1 aromatic carbocycles. The molecule has 5 nitrogen and oxygen atoms in total. The number of aromatic amines is 1. The number of aromatic nitrogens is 2. The van der Waals surface area contributed by atoms with E-state index < -0.39 is 0 Å². The Labute approximate surface area is 114 Å². The van der Waals surface area contributed by atoms with E-state index >= 15 is 0 Å². The molecule has 1 heterocycles. The SMILES string of the molecule is N#CC(CSc1nc(N)cc(=O)[nH]1)c1ccccc1. The van der Waals surface area contributed by atoms with Crippen molar-refractivity contribution in [3.8, 4) is 6.07 Å². The highest BCUT2D eigenvalue weighted by Crippen LogP contribution is 2.23. The Balaban J connectivity index is 2.09. The summed E-state index contributed by atoms with van der Waals surface area (Å²) in [5.41, 5.74) is 6.16. The quantitative estimate of drug-likeness (QED) is 0.653. The average molecular weight is 272 g/mol. The Morgan fingerprint density at radius 2 is 2.16 bits per heavy atom. The smallest absolute Gasteiger partial charge is 0.253 e. The van der Waals surface area contributed by atoms with Crippen molar-refractivity contribution in [2.24, 2.45) is 0 Å². The zero-order valence-electron chi connectivity index (χ0n) is 10.0. The number of nitrogen functional groups attached to an aromatic ring is 1. The zero-order valence-corrected chi connectivity index (χ0v) is 10.9. The number of anilines is 1. The highest BCUT2D eigenvalue weighted by atomic mass is 32.2. The number of nitrogens with one attached hydrogen (secondary N) is 1. The topological polar surface area (TPSA) is 95.6 Å². The third kappa shape index (κ3) is 3.60. The van der Waals surface area contributed by atoms with Gasteiger partial charge in [-0.3, -0.25) is 4.79 Å². The van der Waals surface area contributed by atoms with E-state index in [1.165, 1.54) is 17.8 Å². The van der Waals surface area contributed by atoms with Crippen LogP contribution in [0, 0.1) is 11.3 Å². The van der Waals surface area contributed by atoms with Gasteiger partial charge in [0.05, 0.1) is 12.0 Å². The summed E-state index contributed by atoms with van der Waals surface area (Å²) >= 11 is 1.31. The van der Waals surface area contributed by atoms with Crippen molar-refractivity contribution in [2.75, 3.05) is 11.5 Å². The predicted octanol–water partition coefficient (Wildman–Crippen LogP) is 1.75. The normalized spacial score (nSPS) is 11.7. The van der Waals surface area contributed by atoms with Gasteiger partial charge in [-0.25, -0.2) is 4.98 Å². The summed E-state index contributed by atoms with van der Waals surface area (Å²) in [7, 11) is 0. The van der Waals surface area contributed by atoms with Gasteiger partial charge in [-0.1, -0.05) is 42.1 Å². The van der Waals surface area contributed by atoms with E-state index in [1.807, 2.05) is 30.3 Å². The van der Waals surface area contributed by atoms with E-state index in [2.05, 4.69) is 16.0 Å². The van der Waals surface area contributed by atoms with E-state index in [0.717, 1.165) is 5.56 Å². The first kappa shape index (κ1) is 13.2. The van der Waals surface area contributed by atoms with Crippen molar-refractivity contribution >= 4 is 17.6 Å². The molecule has 6 heteroatoms. The fourth-order valence-electron chi connectivity index (χ4n) is 1.58. The van der Waals surface area contributed by atoms with Gasteiger partial charge in [0.15, 0.2) is 5.16 Å². The van der Waals surface area contributed by atoms with E-state index in [1.54, 1.807) is 0 Å². The molecular formula is C13H12N4OS. The lowest BCUT2D eigenvalue weighted by Crippen LogP contribution is -2.10. The minimum atomic E-state index is -0.289. The lowest BCUT2D eigenvalue weighted by Gasteiger charge is -2.08. The highest BCUT2D eigenvalue weighted by molar-refractivity contribution is 7.99. The van der Waals surface area contributed by atoms with Crippen LogP contribution in [-0.2, 0) is 0 Å². The van der Waals surface area contributed by atoms with E-state index in [9.17, 15) is 10.1 Å². The molecule has 0 bridgehead atoms. The predicted molar refractivity (Wildman–Crippen MR) is 74.8 cm³/mol. The summed E-state index contributed by atoms with van der Waals surface area (Å²) in [5.74, 6) is 0.435. The maximum absolute atomic E-state index is 11.2. The summed E-state index contributed by atoms with van der Waals surface area (Å²) < 4.78 is 0. The molecule has 1 atom stereocenters. The van der Waals surface area contributed by atoms with Gasteiger partial charge in [0.2, 0.25) is 0 Å². The molecule has 0 saturated heterocycles. The van der Waals surface area contributed by atoms with Crippen molar-refractivity contribution in [3.63, 3.8) is 0 Å². The molecule has 1 unspecified atom stereocenters. The fourth-order valence-corrected chi connectivity index (χ4v) is 2.51. The van der Waals surface area contributed by atoms with Crippen LogP contribution in [0.25, 0.3) is 0 Å². The molecule has 2 rings (SSSR count). The molecule has 2 aromatic rings. The van der Waals surface area contributed by atoms with Gasteiger partial charge in [0, 0.05) is 11.8 Å². The molecular weight excluding hydrogens is 260 g/mol. The molecule has 3 N–H and O–H groups in total. The van der Waals surface area contributed by atoms with Crippen LogP contribution in [0.1, 0.15) is 11.5 Å². The van der Waals surface area contributed by atoms with Gasteiger partial charge in [0.1, 0.15) is 5.82 Å². The minimum absolute atomic E-state index is 0.180. The van der Waals surface area contributed by atoms with Crippen molar-refractivity contribution in [2.45, 2.75) is 11.1 Å². The highest BCUT2D eigenvalue weighted by Gasteiger charge is 2.11. The molecule has 0 saturated carbocycles. The summed E-state index contributed by atoms with van der Waals surface area (Å²) in [6.45, 7) is 0. The number of H-pyrrole nitrogens is 1. The standard InChI is InChI=1S/C13H12N4OS/c14-7-10(9-4-2-1-3-5-9)8-19-13-16-11(15)6-12(18)17-13/h1-6,10H,8H2,(H3,15,16,17,18). The number of rotatable bonds is 4. The second-order valence-corrected chi connectivity index (χ2v) is 4.89. The zero-order chi connectivity index (χ0) is 13.7. The van der Waals surface area contributed by atoms with Gasteiger partial charge >= 0.3 is 0 Å². The first-order valence-corrected chi connectivity index (χ1v) is 6.62. The molecule has 0 spiro atoms. The maximum atomic E-state index is 11.2. The fraction of sp³-hybridized carbons (Fsp3) is 0.154. The number of thioether (sulfide) groups is 1. The molecule has 19 heavy (non-hydrogen) atoms. The molecule has 0 aliphatic carbocycles. The summed E-state index contributed by atoms with van der Waals surface area (Å²) in [4.78, 5) is 17.8. The lowest BCUT2D eigenvalue weighted by atomic mass is 10.0. The maximum Gasteiger partial charge on any atom is 0.253 e. The summed E-state index contributed by atoms with van der Waals surface area (Å²) in [6, 6.07) is 13.0. The number of nitrogens with zero attached hydrogens (tertiary/aromatic N) is 2. The van der Waals surface area contributed by atoms with E-state index in [4.69, 9.17) is 5.73 Å². The first-order chi connectivity index (χ1) is 9.19. The van der Waals surface area contributed by atoms with Gasteiger partial charge in [-0.2, -0.15) is 5.26 Å². The van der Waals surface area contributed by atoms with Crippen LogP contribution >= 0.6 is 11.8 Å². The first-order valence-electron chi connectivity index (χ1n) is 5.63. The van der Waals surface area contributed by atoms with E-state index in [-0.39, 0.29) is 17.3 Å². The number of nitrogens with two attached hydrogens (primary N) is 1. The number of hydrogen-bond acceptors (Lipinski definition) is 5.